The minimum Gasteiger partial charge on any atom is -0.492 e. The van der Waals surface area contributed by atoms with Gasteiger partial charge < -0.3 is 10.1 Å². The molecular formula is C15H17Cl2N3O. The SMILES string of the molecule is Cn1cc(CCNC2CCOc3c(Cl)cc(Cl)cc32)cn1. The van der Waals surface area contributed by atoms with Gasteiger partial charge in [0.15, 0.2) is 0 Å². The Morgan fingerprint density at radius 1 is 1.43 bits per heavy atom. The van der Waals surface area contributed by atoms with Gasteiger partial charge in [-0.25, -0.2) is 0 Å². The summed E-state index contributed by atoms with van der Waals surface area (Å²) in [5.41, 5.74) is 2.27. The molecule has 0 saturated carbocycles. The van der Waals surface area contributed by atoms with Crippen molar-refractivity contribution in [3.8, 4) is 5.75 Å². The monoisotopic (exact) mass is 325 g/mol. The molecule has 112 valence electrons. The van der Waals surface area contributed by atoms with Crippen LogP contribution in [0.5, 0.6) is 5.75 Å². The second kappa shape index (κ2) is 6.26. The van der Waals surface area contributed by atoms with E-state index in [-0.39, 0.29) is 6.04 Å². The van der Waals surface area contributed by atoms with Crippen molar-refractivity contribution in [2.24, 2.45) is 7.05 Å². The minimum absolute atomic E-state index is 0.224. The molecule has 21 heavy (non-hydrogen) atoms. The van der Waals surface area contributed by atoms with E-state index in [2.05, 4.69) is 10.4 Å². The predicted molar refractivity (Wildman–Crippen MR) is 84.2 cm³/mol. The number of fused-ring (bicyclic) bond motifs is 1. The summed E-state index contributed by atoms with van der Waals surface area (Å²) in [7, 11) is 1.93. The Morgan fingerprint density at radius 3 is 3.05 bits per heavy atom. The molecule has 0 fully saturated rings. The van der Waals surface area contributed by atoms with Crippen LogP contribution >= 0.6 is 23.2 Å². The Bertz CT molecular complexity index is 642. The topological polar surface area (TPSA) is 39.1 Å². The van der Waals surface area contributed by atoms with Crippen LogP contribution in [0.4, 0.5) is 0 Å². The summed E-state index contributed by atoms with van der Waals surface area (Å²) in [4.78, 5) is 0. The lowest BCUT2D eigenvalue weighted by Crippen LogP contribution is -2.28. The zero-order valence-electron chi connectivity index (χ0n) is 11.8. The van der Waals surface area contributed by atoms with Crippen LogP contribution in [0, 0.1) is 0 Å². The molecule has 2 heterocycles. The van der Waals surface area contributed by atoms with Crippen molar-refractivity contribution in [3.63, 3.8) is 0 Å². The number of hydrogen-bond donors (Lipinski definition) is 1. The van der Waals surface area contributed by atoms with E-state index >= 15 is 0 Å². The highest BCUT2D eigenvalue weighted by Crippen LogP contribution is 2.39. The molecule has 0 amide bonds. The van der Waals surface area contributed by atoms with Gasteiger partial charge in [0.1, 0.15) is 5.75 Å². The fourth-order valence-corrected chi connectivity index (χ4v) is 3.19. The Hall–Kier alpha value is -1.23. The van der Waals surface area contributed by atoms with Gasteiger partial charge in [-0.2, -0.15) is 5.10 Å². The first kappa shape index (κ1) is 14.7. The summed E-state index contributed by atoms with van der Waals surface area (Å²) in [6.07, 6.45) is 5.78. The second-order valence-electron chi connectivity index (χ2n) is 5.22. The molecule has 4 nitrogen and oxygen atoms in total. The van der Waals surface area contributed by atoms with Crippen molar-refractivity contribution < 1.29 is 4.74 Å². The highest BCUT2D eigenvalue weighted by Gasteiger charge is 2.23. The van der Waals surface area contributed by atoms with Gasteiger partial charge in [-0.3, -0.25) is 4.68 Å². The molecule has 1 N–H and O–H groups in total. The van der Waals surface area contributed by atoms with E-state index in [1.165, 1.54) is 5.56 Å². The smallest absolute Gasteiger partial charge is 0.142 e. The largest absolute Gasteiger partial charge is 0.492 e. The molecule has 2 aromatic rings. The van der Waals surface area contributed by atoms with Crippen molar-refractivity contribution >= 4 is 23.2 Å². The van der Waals surface area contributed by atoms with E-state index in [1.54, 1.807) is 6.07 Å². The first-order valence-corrected chi connectivity index (χ1v) is 7.72. The number of rotatable bonds is 4. The number of nitrogens with zero attached hydrogens (tertiary/aromatic N) is 2. The number of halogens is 2. The quantitative estimate of drug-likeness (QED) is 0.936. The fourth-order valence-electron chi connectivity index (χ4n) is 2.63. The van der Waals surface area contributed by atoms with Crippen molar-refractivity contribution in [1.82, 2.24) is 15.1 Å². The van der Waals surface area contributed by atoms with E-state index in [9.17, 15) is 0 Å². The van der Waals surface area contributed by atoms with Crippen LogP contribution in [0.2, 0.25) is 10.0 Å². The van der Waals surface area contributed by atoms with Crippen LogP contribution in [0.3, 0.4) is 0 Å². The molecule has 0 bridgehead atoms. The van der Waals surface area contributed by atoms with Crippen LogP contribution in [0.25, 0.3) is 0 Å². The maximum absolute atomic E-state index is 6.20. The molecule has 0 radical (unpaired) electrons. The van der Waals surface area contributed by atoms with Gasteiger partial charge in [-0.15, -0.1) is 0 Å². The summed E-state index contributed by atoms with van der Waals surface area (Å²) < 4.78 is 7.48. The summed E-state index contributed by atoms with van der Waals surface area (Å²) in [6.45, 7) is 1.54. The van der Waals surface area contributed by atoms with Gasteiger partial charge in [0.2, 0.25) is 0 Å². The number of aromatic nitrogens is 2. The lowest BCUT2D eigenvalue weighted by atomic mass is 10.0. The molecular weight excluding hydrogens is 309 g/mol. The van der Waals surface area contributed by atoms with E-state index in [4.69, 9.17) is 27.9 Å². The number of aryl methyl sites for hydroxylation is 1. The summed E-state index contributed by atoms with van der Waals surface area (Å²) >= 11 is 12.3. The first-order chi connectivity index (χ1) is 10.1. The second-order valence-corrected chi connectivity index (χ2v) is 6.07. The van der Waals surface area contributed by atoms with Crippen LogP contribution in [0.15, 0.2) is 24.5 Å². The molecule has 0 aliphatic carbocycles. The lowest BCUT2D eigenvalue weighted by molar-refractivity contribution is 0.253. The summed E-state index contributed by atoms with van der Waals surface area (Å²) in [6, 6.07) is 3.88. The molecule has 0 spiro atoms. The Kier molecular flexibility index (Phi) is 4.38. The molecule has 1 unspecified atom stereocenters. The molecule has 1 aliphatic rings. The van der Waals surface area contributed by atoms with Crippen molar-refractivity contribution in [2.45, 2.75) is 18.9 Å². The highest BCUT2D eigenvalue weighted by molar-refractivity contribution is 6.35. The predicted octanol–water partition coefficient (Wildman–Crippen LogP) is 3.38. The molecule has 6 heteroatoms. The van der Waals surface area contributed by atoms with Crippen LogP contribution in [-0.4, -0.2) is 22.9 Å². The number of benzene rings is 1. The lowest BCUT2D eigenvalue weighted by Gasteiger charge is -2.27. The zero-order chi connectivity index (χ0) is 14.8. The van der Waals surface area contributed by atoms with Gasteiger partial charge in [0.25, 0.3) is 0 Å². The standard InChI is InChI=1S/C15H17Cl2N3O/c1-20-9-10(8-19-20)2-4-18-14-3-5-21-15-12(14)6-11(16)7-13(15)17/h6-9,14,18H,2-5H2,1H3. The van der Waals surface area contributed by atoms with Gasteiger partial charge in [-0.05, 0) is 30.7 Å². The summed E-state index contributed by atoms with van der Waals surface area (Å²) in [5.74, 6) is 0.756. The molecule has 3 rings (SSSR count). The van der Waals surface area contributed by atoms with Crippen molar-refractivity contribution in [3.05, 3.63) is 45.7 Å². The Morgan fingerprint density at radius 2 is 2.29 bits per heavy atom. The molecule has 1 aromatic heterocycles. The highest BCUT2D eigenvalue weighted by atomic mass is 35.5. The fraction of sp³-hybridized carbons (Fsp3) is 0.400. The van der Waals surface area contributed by atoms with E-state index in [0.717, 1.165) is 30.7 Å². The normalized spacial score (nSPS) is 17.4. The van der Waals surface area contributed by atoms with Crippen LogP contribution in [-0.2, 0) is 13.5 Å². The Labute approximate surface area is 134 Å². The third-order valence-corrected chi connectivity index (χ3v) is 4.13. The van der Waals surface area contributed by atoms with Crippen LogP contribution in [0.1, 0.15) is 23.6 Å². The molecule has 1 aromatic carbocycles. The average molecular weight is 326 g/mol. The third-order valence-electron chi connectivity index (χ3n) is 3.63. The maximum Gasteiger partial charge on any atom is 0.142 e. The minimum atomic E-state index is 0.224. The van der Waals surface area contributed by atoms with Gasteiger partial charge in [-0.1, -0.05) is 23.2 Å². The van der Waals surface area contributed by atoms with Crippen LogP contribution < -0.4 is 10.1 Å². The van der Waals surface area contributed by atoms with Crippen molar-refractivity contribution in [1.29, 1.82) is 0 Å². The first-order valence-electron chi connectivity index (χ1n) is 6.96. The third kappa shape index (κ3) is 3.34. The molecule has 1 atom stereocenters. The van der Waals surface area contributed by atoms with E-state index in [0.29, 0.717) is 16.7 Å². The maximum atomic E-state index is 6.20. The van der Waals surface area contributed by atoms with E-state index < -0.39 is 0 Å². The van der Waals surface area contributed by atoms with Gasteiger partial charge >= 0.3 is 0 Å². The molecule has 1 aliphatic heterocycles. The zero-order valence-corrected chi connectivity index (χ0v) is 13.3. The van der Waals surface area contributed by atoms with Gasteiger partial charge in [0.05, 0.1) is 17.8 Å². The number of ether oxygens (including phenoxy) is 1. The Balaban J connectivity index is 1.67. The molecule has 0 saturated heterocycles. The summed E-state index contributed by atoms with van der Waals surface area (Å²) in [5, 5.41) is 8.95. The average Bonchev–Trinajstić information content (AvgIpc) is 2.85. The number of nitrogens with one attached hydrogen (secondary N) is 1. The van der Waals surface area contributed by atoms with Crippen molar-refractivity contribution in [2.75, 3.05) is 13.2 Å². The van der Waals surface area contributed by atoms with Gasteiger partial charge in [0, 0.05) is 36.3 Å². The van der Waals surface area contributed by atoms with E-state index in [1.807, 2.05) is 30.2 Å². The number of hydrogen-bond acceptors (Lipinski definition) is 3.